The summed E-state index contributed by atoms with van der Waals surface area (Å²) in [6.07, 6.45) is 1.71. The molecule has 0 aromatic carbocycles. The van der Waals surface area contributed by atoms with Crippen LogP contribution in [0.15, 0.2) is 18.3 Å². The third-order valence-corrected chi connectivity index (χ3v) is 1.43. The molecule has 0 spiro atoms. The van der Waals surface area contributed by atoms with Crippen LogP contribution in [0.1, 0.15) is 20.8 Å². The van der Waals surface area contributed by atoms with Crippen molar-refractivity contribution in [3.8, 4) is 0 Å². The predicted molar refractivity (Wildman–Crippen MR) is 55.4 cm³/mol. The Morgan fingerprint density at radius 2 is 2.08 bits per heavy atom. The molecular weight excluding hydrogens is 164 g/mol. The Morgan fingerprint density at radius 1 is 1.38 bits per heavy atom. The molecule has 13 heavy (non-hydrogen) atoms. The maximum atomic E-state index is 5.24. The maximum absolute atomic E-state index is 5.24. The van der Waals surface area contributed by atoms with Crippen molar-refractivity contribution >= 4 is 11.5 Å². The summed E-state index contributed by atoms with van der Waals surface area (Å²) in [5.74, 6) is 5.90. The Labute approximate surface area is 78.5 Å². The van der Waals surface area contributed by atoms with E-state index in [-0.39, 0.29) is 5.54 Å². The van der Waals surface area contributed by atoms with E-state index in [1.165, 1.54) is 0 Å². The molecule has 0 atom stereocenters. The summed E-state index contributed by atoms with van der Waals surface area (Å²) in [5, 5.41) is 3.32. The van der Waals surface area contributed by atoms with Gasteiger partial charge in [-0.1, -0.05) is 0 Å². The highest BCUT2D eigenvalue weighted by Crippen LogP contribution is 2.15. The average molecular weight is 180 g/mol. The summed E-state index contributed by atoms with van der Waals surface area (Å²) in [4.78, 5) is 4.01. The Balaban J connectivity index is 2.78. The number of nitrogen functional groups attached to an aromatic ring is 1. The average Bonchev–Trinajstić information content (AvgIpc) is 2.01. The lowest BCUT2D eigenvalue weighted by Gasteiger charge is -2.22. The minimum Gasteiger partial charge on any atom is -0.380 e. The number of hydrazine groups is 1. The van der Waals surface area contributed by atoms with Crippen molar-refractivity contribution in [3.05, 3.63) is 18.3 Å². The summed E-state index contributed by atoms with van der Waals surface area (Å²) >= 11 is 0. The van der Waals surface area contributed by atoms with E-state index < -0.39 is 0 Å². The molecule has 0 radical (unpaired) electrons. The molecule has 4 N–H and O–H groups in total. The molecule has 1 aromatic rings. The highest BCUT2D eigenvalue weighted by atomic mass is 15.2. The molecule has 4 nitrogen and oxygen atoms in total. The molecule has 0 aliphatic rings. The number of pyridine rings is 1. The highest BCUT2D eigenvalue weighted by Gasteiger charge is 2.08. The molecule has 0 unspecified atom stereocenters. The number of anilines is 2. The van der Waals surface area contributed by atoms with Gasteiger partial charge in [-0.25, -0.2) is 10.8 Å². The first-order valence-corrected chi connectivity index (χ1v) is 4.22. The first-order valence-electron chi connectivity index (χ1n) is 4.22. The summed E-state index contributed by atoms with van der Waals surface area (Å²) in [6, 6.07) is 3.78. The van der Waals surface area contributed by atoms with Gasteiger partial charge in [0.05, 0.1) is 0 Å². The molecule has 72 valence electrons. The normalized spacial score (nSPS) is 11.1. The summed E-state index contributed by atoms with van der Waals surface area (Å²) in [5.41, 5.74) is 3.56. The smallest absolute Gasteiger partial charge is 0.141 e. The van der Waals surface area contributed by atoms with Gasteiger partial charge in [-0.3, -0.25) is 0 Å². The Morgan fingerprint density at radius 3 is 2.62 bits per heavy atom. The van der Waals surface area contributed by atoms with Crippen LogP contribution in [-0.2, 0) is 0 Å². The van der Waals surface area contributed by atoms with E-state index in [9.17, 15) is 0 Å². The van der Waals surface area contributed by atoms with Gasteiger partial charge in [-0.05, 0) is 26.8 Å². The van der Waals surface area contributed by atoms with Gasteiger partial charge in [0, 0.05) is 23.5 Å². The highest BCUT2D eigenvalue weighted by molar-refractivity contribution is 5.52. The predicted octanol–water partition coefficient (Wildman–Crippen LogP) is 1.58. The van der Waals surface area contributed by atoms with Gasteiger partial charge in [0.15, 0.2) is 0 Å². The molecule has 0 saturated carbocycles. The van der Waals surface area contributed by atoms with Crippen molar-refractivity contribution in [2.75, 3.05) is 10.7 Å². The quantitative estimate of drug-likeness (QED) is 0.477. The van der Waals surface area contributed by atoms with Crippen LogP contribution >= 0.6 is 0 Å². The summed E-state index contributed by atoms with van der Waals surface area (Å²) < 4.78 is 0. The lowest BCUT2D eigenvalue weighted by Crippen LogP contribution is -2.26. The van der Waals surface area contributed by atoms with E-state index in [0.717, 1.165) is 5.69 Å². The van der Waals surface area contributed by atoms with E-state index in [1.807, 2.05) is 12.1 Å². The largest absolute Gasteiger partial charge is 0.380 e. The van der Waals surface area contributed by atoms with Crippen LogP contribution in [0.25, 0.3) is 0 Å². The van der Waals surface area contributed by atoms with Crippen LogP contribution in [0.3, 0.4) is 0 Å². The van der Waals surface area contributed by atoms with Crippen LogP contribution in [-0.4, -0.2) is 10.5 Å². The molecule has 0 bridgehead atoms. The van der Waals surface area contributed by atoms with E-state index in [1.54, 1.807) is 6.20 Å². The molecule has 0 aliphatic heterocycles. The number of nitrogens with one attached hydrogen (secondary N) is 2. The second-order valence-electron chi connectivity index (χ2n) is 3.95. The van der Waals surface area contributed by atoms with Crippen LogP contribution in [0.2, 0.25) is 0 Å². The third kappa shape index (κ3) is 3.29. The minimum absolute atomic E-state index is 0.0488. The van der Waals surface area contributed by atoms with Crippen LogP contribution < -0.4 is 16.6 Å². The molecule has 0 amide bonds. The topological polar surface area (TPSA) is 63.0 Å². The number of aromatic nitrogens is 1. The van der Waals surface area contributed by atoms with Crippen molar-refractivity contribution in [2.45, 2.75) is 26.3 Å². The van der Waals surface area contributed by atoms with Gasteiger partial charge < -0.3 is 10.7 Å². The lowest BCUT2D eigenvalue weighted by molar-refractivity contribution is 0.634. The van der Waals surface area contributed by atoms with Crippen molar-refractivity contribution in [3.63, 3.8) is 0 Å². The molecule has 0 saturated heterocycles. The second-order valence-corrected chi connectivity index (χ2v) is 3.95. The molecule has 0 aliphatic carbocycles. The van der Waals surface area contributed by atoms with Crippen molar-refractivity contribution in [1.29, 1.82) is 0 Å². The Bertz CT molecular complexity index is 277. The summed E-state index contributed by atoms with van der Waals surface area (Å²) in [6.45, 7) is 6.30. The fraction of sp³-hybridized carbons (Fsp3) is 0.444. The first-order chi connectivity index (χ1) is 6.01. The van der Waals surface area contributed by atoms with E-state index >= 15 is 0 Å². The van der Waals surface area contributed by atoms with E-state index in [0.29, 0.717) is 5.82 Å². The zero-order valence-corrected chi connectivity index (χ0v) is 8.26. The van der Waals surface area contributed by atoms with Crippen molar-refractivity contribution in [1.82, 2.24) is 4.98 Å². The van der Waals surface area contributed by atoms with E-state index in [4.69, 9.17) is 5.84 Å². The number of nitrogens with zero attached hydrogens (tertiary/aromatic N) is 1. The van der Waals surface area contributed by atoms with Gasteiger partial charge in [0.2, 0.25) is 0 Å². The van der Waals surface area contributed by atoms with Gasteiger partial charge in [-0.15, -0.1) is 0 Å². The zero-order chi connectivity index (χ0) is 9.90. The van der Waals surface area contributed by atoms with Crippen LogP contribution in [0.4, 0.5) is 11.5 Å². The first kappa shape index (κ1) is 9.80. The zero-order valence-electron chi connectivity index (χ0n) is 8.26. The Hall–Kier alpha value is -1.29. The molecule has 1 rings (SSSR count). The monoisotopic (exact) mass is 180 g/mol. The maximum Gasteiger partial charge on any atom is 0.141 e. The van der Waals surface area contributed by atoms with Crippen molar-refractivity contribution < 1.29 is 0 Å². The SMILES string of the molecule is CC(C)(C)Nc1ccnc(NN)c1. The molecule has 0 fully saturated rings. The van der Waals surface area contributed by atoms with Crippen molar-refractivity contribution in [2.24, 2.45) is 5.84 Å². The van der Waals surface area contributed by atoms with Crippen LogP contribution in [0.5, 0.6) is 0 Å². The van der Waals surface area contributed by atoms with E-state index in [2.05, 4.69) is 36.5 Å². The fourth-order valence-corrected chi connectivity index (χ4v) is 1.02. The van der Waals surface area contributed by atoms with Crippen LogP contribution in [0, 0.1) is 0 Å². The minimum atomic E-state index is 0.0488. The van der Waals surface area contributed by atoms with Gasteiger partial charge >= 0.3 is 0 Å². The standard InChI is InChI=1S/C9H16N4/c1-9(2,3)12-7-4-5-11-8(6-7)13-10/h4-6H,10H2,1-3H3,(H2,11,12,13). The molecule has 1 heterocycles. The molecule has 4 heteroatoms. The number of nitrogens with two attached hydrogens (primary N) is 1. The third-order valence-electron chi connectivity index (χ3n) is 1.43. The molecular formula is C9H16N4. The van der Waals surface area contributed by atoms with Gasteiger partial charge in [0.1, 0.15) is 5.82 Å². The fourth-order valence-electron chi connectivity index (χ4n) is 1.02. The molecule has 1 aromatic heterocycles. The number of hydrogen-bond acceptors (Lipinski definition) is 4. The second kappa shape index (κ2) is 3.62. The number of rotatable bonds is 2. The summed E-state index contributed by atoms with van der Waals surface area (Å²) in [7, 11) is 0. The number of hydrogen-bond donors (Lipinski definition) is 3. The van der Waals surface area contributed by atoms with Gasteiger partial charge in [-0.2, -0.15) is 0 Å². The van der Waals surface area contributed by atoms with Gasteiger partial charge in [0.25, 0.3) is 0 Å². The Kier molecular flexibility index (Phi) is 2.72. The lowest BCUT2D eigenvalue weighted by atomic mass is 10.1.